The lowest BCUT2D eigenvalue weighted by Gasteiger charge is -2.07. The van der Waals surface area contributed by atoms with Crippen LogP contribution in [0.25, 0.3) is 0 Å². The van der Waals surface area contributed by atoms with Crippen LogP contribution in [0.1, 0.15) is 12.2 Å². The third-order valence-corrected chi connectivity index (χ3v) is 4.21. The number of aryl methyl sites for hydroxylation is 1. The van der Waals surface area contributed by atoms with Crippen LogP contribution < -0.4 is 5.32 Å². The highest BCUT2D eigenvalue weighted by atomic mass is 32.2. The molecule has 24 heavy (non-hydrogen) atoms. The first-order valence-corrected chi connectivity index (χ1v) is 9.02. The number of esters is 1. The molecule has 0 unspecified atom stereocenters. The molecule has 1 heterocycles. The highest BCUT2D eigenvalue weighted by Crippen LogP contribution is 2.13. The lowest BCUT2D eigenvalue weighted by molar-refractivity contribution is -0.147. The number of sulfone groups is 1. The van der Waals surface area contributed by atoms with Gasteiger partial charge in [-0.15, -0.1) is 0 Å². The van der Waals surface area contributed by atoms with E-state index in [9.17, 15) is 18.0 Å². The molecule has 0 radical (unpaired) electrons. The monoisotopic (exact) mass is 351 g/mol. The Morgan fingerprint density at radius 2 is 1.88 bits per heavy atom. The van der Waals surface area contributed by atoms with Crippen molar-refractivity contribution in [3.63, 3.8) is 0 Å². The topological polar surface area (TPSA) is 103 Å². The molecule has 2 aromatic rings. The molecule has 8 heteroatoms. The van der Waals surface area contributed by atoms with Crippen molar-refractivity contribution in [2.75, 3.05) is 18.2 Å². The van der Waals surface area contributed by atoms with Gasteiger partial charge in [-0.3, -0.25) is 9.59 Å². The number of hydrogen-bond donors (Lipinski definition) is 1. The zero-order valence-corrected chi connectivity index (χ0v) is 13.8. The van der Waals surface area contributed by atoms with Gasteiger partial charge in [0.2, 0.25) is 0 Å². The molecule has 0 spiro atoms. The van der Waals surface area contributed by atoms with Gasteiger partial charge in [0.15, 0.2) is 16.4 Å². The number of benzene rings is 1. The van der Waals surface area contributed by atoms with Gasteiger partial charge in [-0.2, -0.15) is 0 Å². The molecule has 0 aliphatic carbocycles. The van der Waals surface area contributed by atoms with Crippen LogP contribution in [0.4, 0.5) is 5.69 Å². The van der Waals surface area contributed by atoms with Gasteiger partial charge < -0.3 is 14.5 Å². The molecule has 0 fully saturated rings. The molecule has 0 aliphatic rings. The average molecular weight is 351 g/mol. The molecule has 1 aromatic carbocycles. The molecule has 1 N–H and O–H groups in total. The Labute approximate surface area is 139 Å². The Balaban J connectivity index is 1.75. The number of nitrogens with one attached hydrogen (secondary N) is 1. The van der Waals surface area contributed by atoms with Gasteiger partial charge in [0, 0.05) is 18.4 Å². The van der Waals surface area contributed by atoms with Gasteiger partial charge in [0.1, 0.15) is 5.76 Å². The Morgan fingerprint density at radius 1 is 1.17 bits per heavy atom. The summed E-state index contributed by atoms with van der Waals surface area (Å²) in [5.74, 6) is -0.343. The van der Waals surface area contributed by atoms with E-state index in [0.29, 0.717) is 17.9 Å². The molecule has 0 saturated heterocycles. The largest absolute Gasteiger partial charge is 0.469 e. The van der Waals surface area contributed by atoms with Gasteiger partial charge in [0.05, 0.1) is 17.6 Å². The summed E-state index contributed by atoms with van der Waals surface area (Å²) in [6.07, 6.45) is 3.14. The first-order valence-electron chi connectivity index (χ1n) is 7.12. The summed E-state index contributed by atoms with van der Waals surface area (Å²) in [5.41, 5.74) is 0.416. The number of anilines is 1. The molecular formula is C16H17NO6S. The molecule has 1 amide bonds. The van der Waals surface area contributed by atoms with Crippen LogP contribution in [-0.4, -0.2) is 33.2 Å². The van der Waals surface area contributed by atoms with Crippen LogP contribution in [0.5, 0.6) is 0 Å². The zero-order chi connectivity index (χ0) is 17.6. The second-order valence-electron chi connectivity index (χ2n) is 5.08. The van der Waals surface area contributed by atoms with Crippen LogP contribution in [-0.2, 0) is 30.6 Å². The van der Waals surface area contributed by atoms with Crippen LogP contribution in [0.15, 0.2) is 52.0 Å². The maximum absolute atomic E-state index is 11.7. The lowest BCUT2D eigenvalue weighted by Crippen LogP contribution is -2.21. The van der Waals surface area contributed by atoms with Gasteiger partial charge in [0.25, 0.3) is 5.91 Å². The van der Waals surface area contributed by atoms with Gasteiger partial charge in [-0.25, -0.2) is 8.42 Å². The Morgan fingerprint density at radius 3 is 2.46 bits per heavy atom. The second kappa shape index (κ2) is 7.78. The van der Waals surface area contributed by atoms with Crippen molar-refractivity contribution in [1.82, 2.24) is 0 Å². The van der Waals surface area contributed by atoms with E-state index < -0.39 is 28.3 Å². The predicted molar refractivity (Wildman–Crippen MR) is 86.2 cm³/mol. The SMILES string of the molecule is CS(=O)(=O)c1ccc(NC(=O)COC(=O)CCc2ccco2)cc1. The van der Waals surface area contributed by atoms with Crippen molar-refractivity contribution < 1.29 is 27.2 Å². The molecule has 7 nitrogen and oxygen atoms in total. The summed E-state index contributed by atoms with van der Waals surface area (Å²) in [4.78, 5) is 23.4. The maximum Gasteiger partial charge on any atom is 0.306 e. The van der Waals surface area contributed by atoms with Crippen LogP contribution in [0.3, 0.4) is 0 Å². The fraction of sp³-hybridized carbons (Fsp3) is 0.250. The maximum atomic E-state index is 11.7. The number of carbonyl (C=O) groups excluding carboxylic acids is 2. The summed E-state index contributed by atoms with van der Waals surface area (Å²) in [6, 6.07) is 9.18. The first kappa shape index (κ1) is 17.7. The number of amides is 1. The van der Waals surface area contributed by atoms with Gasteiger partial charge in [-0.1, -0.05) is 0 Å². The smallest absolute Gasteiger partial charge is 0.306 e. The first-order chi connectivity index (χ1) is 11.3. The highest BCUT2D eigenvalue weighted by molar-refractivity contribution is 7.90. The minimum absolute atomic E-state index is 0.115. The van der Waals surface area contributed by atoms with E-state index in [0.717, 1.165) is 6.26 Å². The number of rotatable bonds is 7. The lowest BCUT2D eigenvalue weighted by atomic mass is 10.2. The van der Waals surface area contributed by atoms with Gasteiger partial charge >= 0.3 is 5.97 Å². The summed E-state index contributed by atoms with van der Waals surface area (Å²) < 4.78 is 32.6. The quantitative estimate of drug-likeness (QED) is 0.763. The second-order valence-corrected chi connectivity index (χ2v) is 7.10. The van der Waals surface area contributed by atoms with E-state index in [1.54, 1.807) is 12.1 Å². The van der Waals surface area contributed by atoms with Crippen LogP contribution in [0, 0.1) is 0 Å². The molecule has 0 atom stereocenters. The number of carbonyl (C=O) groups is 2. The van der Waals surface area contributed by atoms with E-state index >= 15 is 0 Å². The van der Waals surface area contributed by atoms with Gasteiger partial charge in [-0.05, 0) is 36.4 Å². The van der Waals surface area contributed by atoms with Crippen molar-refractivity contribution in [3.8, 4) is 0 Å². The minimum atomic E-state index is -3.28. The summed E-state index contributed by atoms with van der Waals surface area (Å²) in [5, 5.41) is 2.52. The third-order valence-electron chi connectivity index (χ3n) is 3.09. The third kappa shape index (κ3) is 5.54. The molecule has 0 saturated carbocycles. The van der Waals surface area contributed by atoms with Crippen molar-refractivity contribution in [3.05, 3.63) is 48.4 Å². The Hall–Kier alpha value is -2.61. The summed E-state index contributed by atoms with van der Waals surface area (Å²) in [6.45, 7) is -0.412. The predicted octanol–water partition coefficient (Wildman–Crippen LogP) is 1.80. The van der Waals surface area contributed by atoms with Crippen molar-refractivity contribution in [2.24, 2.45) is 0 Å². The number of hydrogen-bond acceptors (Lipinski definition) is 6. The van der Waals surface area contributed by atoms with Crippen LogP contribution in [0.2, 0.25) is 0 Å². The minimum Gasteiger partial charge on any atom is -0.469 e. The Bertz CT molecular complexity index is 794. The summed E-state index contributed by atoms with van der Waals surface area (Å²) >= 11 is 0. The van der Waals surface area contributed by atoms with Crippen molar-refractivity contribution in [2.45, 2.75) is 17.7 Å². The fourth-order valence-electron chi connectivity index (χ4n) is 1.88. The standard InChI is InChI=1S/C16H17NO6S/c1-24(20,21)14-7-4-12(5-8-14)17-15(18)11-23-16(19)9-6-13-3-2-10-22-13/h2-5,7-8,10H,6,9,11H2,1H3,(H,17,18). The number of furan rings is 1. The van der Waals surface area contributed by atoms with E-state index in [1.807, 2.05) is 0 Å². The highest BCUT2D eigenvalue weighted by Gasteiger charge is 2.10. The van der Waals surface area contributed by atoms with E-state index in [1.165, 1.54) is 30.5 Å². The number of ether oxygens (including phenoxy) is 1. The normalized spacial score (nSPS) is 11.0. The average Bonchev–Trinajstić information content (AvgIpc) is 3.04. The molecule has 128 valence electrons. The van der Waals surface area contributed by atoms with Crippen molar-refractivity contribution >= 4 is 27.4 Å². The van der Waals surface area contributed by atoms with E-state index in [2.05, 4.69) is 5.32 Å². The zero-order valence-electron chi connectivity index (χ0n) is 13.0. The van der Waals surface area contributed by atoms with Crippen molar-refractivity contribution in [1.29, 1.82) is 0 Å². The molecule has 0 bridgehead atoms. The van der Waals surface area contributed by atoms with E-state index in [4.69, 9.17) is 9.15 Å². The molecular weight excluding hydrogens is 334 g/mol. The van der Waals surface area contributed by atoms with Crippen LogP contribution >= 0.6 is 0 Å². The molecule has 1 aromatic heterocycles. The Kier molecular flexibility index (Phi) is 5.75. The molecule has 0 aliphatic heterocycles. The summed E-state index contributed by atoms with van der Waals surface area (Å²) in [7, 11) is -3.28. The van der Waals surface area contributed by atoms with E-state index in [-0.39, 0.29) is 11.3 Å². The fourth-order valence-corrected chi connectivity index (χ4v) is 2.51. The molecule has 2 rings (SSSR count).